The number of ether oxygens (including phenoxy) is 1. The van der Waals surface area contributed by atoms with Gasteiger partial charge < -0.3 is 9.64 Å². The molecule has 1 saturated carbocycles. The molecule has 0 bridgehead atoms. The van der Waals surface area contributed by atoms with Crippen LogP contribution in [-0.4, -0.2) is 62.7 Å². The van der Waals surface area contributed by atoms with Crippen LogP contribution >= 0.6 is 11.6 Å². The van der Waals surface area contributed by atoms with Gasteiger partial charge in [0.1, 0.15) is 17.5 Å². The van der Waals surface area contributed by atoms with Crippen molar-refractivity contribution in [3.8, 4) is 5.69 Å². The van der Waals surface area contributed by atoms with Crippen molar-refractivity contribution in [2.45, 2.75) is 43.6 Å². The number of halogens is 5. The maximum absolute atomic E-state index is 14.2. The van der Waals surface area contributed by atoms with Gasteiger partial charge in [0.25, 0.3) is 0 Å². The molecule has 1 aromatic carbocycles. The average Bonchev–Trinajstić information content (AvgIpc) is 3.07. The summed E-state index contributed by atoms with van der Waals surface area (Å²) in [5.74, 6) is 1.80. The fourth-order valence-electron chi connectivity index (χ4n) is 6.32. The molecule has 7 nitrogen and oxygen atoms in total. The normalized spacial score (nSPS) is 22.5. The van der Waals surface area contributed by atoms with E-state index in [1.165, 1.54) is 17.2 Å². The first kappa shape index (κ1) is 23.4. The number of anilines is 1. The van der Waals surface area contributed by atoms with Crippen molar-refractivity contribution in [2.75, 3.05) is 31.2 Å². The molecular weight excluding hydrogens is 512 g/mol. The van der Waals surface area contributed by atoms with Crippen molar-refractivity contribution < 1.29 is 22.3 Å². The molecule has 2 aromatic heterocycles. The van der Waals surface area contributed by atoms with E-state index in [-0.39, 0.29) is 30.2 Å². The summed E-state index contributed by atoms with van der Waals surface area (Å²) in [4.78, 5) is 7.71. The van der Waals surface area contributed by atoms with Gasteiger partial charge in [-0.1, -0.05) is 11.6 Å². The van der Waals surface area contributed by atoms with Crippen molar-refractivity contribution in [1.29, 1.82) is 0 Å². The van der Waals surface area contributed by atoms with Crippen LogP contribution in [0.15, 0.2) is 36.5 Å². The second-order valence-electron chi connectivity index (χ2n) is 10.8. The zero-order valence-corrected chi connectivity index (χ0v) is 20.4. The number of nitrogens with zero attached hydrogens (tertiary/aromatic N) is 6. The predicted octanol–water partition coefficient (Wildman–Crippen LogP) is 4.49. The smallest absolute Gasteiger partial charge is 0.377 e. The Balaban J connectivity index is 1.17. The highest BCUT2D eigenvalue weighted by Crippen LogP contribution is 2.57. The Morgan fingerprint density at radius 3 is 2.46 bits per heavy atom. The minimum atomic E-state index is -4.45. The lowest BCUT2D eigenvalue weighted by Crippen LogP contribution is -2.69. The number of pyridine rings is 1. The second kappa shape index (κ2) is 7.87. The molecule has 194 valence electrons. The Labute approximate surface area is 215 Å². The molecule has 5 heterocycles. The molecule has 12 heteroatoms. The van der Waals surface area contributed by atoms with Gasteiger partial charge in [0.15, 0.2) is 11.4 Å². The van der Waals surface area contributed by atoms with Crippen molar-refractivity contribution in [3.63, 3.8) is 0 Å². The lowest BCUT2D eigenvalue weighted by Gasteiger charge is -2.59. The van der Waals surface area contributed by atoms with E-state index in [1.807, 2.05) is 10.6 Å². The highest BCUT2D eigenvalue weighted by atomic mass is 35.5. The summed E-state index contributed by atoms with van der Waals surface area (Å²) < 4.78 is 62.8. The summed E-state index contributed by atoms with van der Waals surface area (Å²) in [6.45, 7) is 0.935. The first-order valence-electron chi connectivity index (χ1n) is 12.2. The topological polar surface area (TPSA) is 59.3 Å². The predicted molar refractivity (Wildman–Crippen MR) is 126 cm³/mol. The number of aromatic nitrogens is 4. The Morgan fingerprint density at radius 1 is 1.03 bits per heavy atom. The Morgan fingerprint density at radius 2 is 1.81 bits per heavy atom. The van der Waals surface area contributed by atoms with E-state index in [9.17, 15) is 17.6 Å². The van der Waals surface area contributed by atoms with E-state index < -0.39 is 24.9 Å². The largest absolute Gasteiger partial charge is 0.411 e. The number of benzene rings is 1. The number of fused-ring (bicyclic) bond motifs is 3. The fraction of sp³-hybridized carbons (Fsp3) is 0.480. The maximum atomic E-state index is 14.2. The van der Waals surface area contributed by atoms with Crippen molar-refractivity contribution in [3.05, 3.63) is 64.6 Å². The summed E-state index contributed by atoms with van der Waals surface area (Å²) in [5.41, 5.74) is -0.450. The molecule has 0 amide bonds. The summed E-state index contributed by atoms with van der Waals surface area (Å²) >= 11 is 6.27. The molecule has 37 heavy (non-hydrogen) atoms. The highest BCUT2D eigenvalue weighted by Gasteiger charge is 2.64. The van der Waals surface area contributed by atoms with E-state index >= 15 is 0 Å². The SMILES string of the molecule is Fc1ccc(N2CC3(CC(c4nnc5n4-c4ccc(Cl)cc4CN(C4(C(F)(F)F)COC4)C5)C3)C2)nc1. The van der Waals surface area contributed by atoms with Gasteiger partial charge in [-0.3, -0.25) is 9.47 Å². The fourth-order valence-corrected chi connectivity index (χ4v) is 6.52. The number of alkyl halides is 3. The third-order valence-electron chi connectivity index (χ3n) is 8.36. The van der Waals surface area contributed by atoms with Crippen LogP contribution in [-0.2, 0) is 17.8 Å². The van der Waals surface area contributed by atoms with Gasteiger partial charge in [0, 0.05) is 36.0 Å². The van der Waals surface area contributed by atoms with E-state index in [1.54, 1.807) is 18.2 Å². The molecule has 4 aliphatic rings. The minimum Gasteiger partial charge on any atom is -0.377 e. The summed E-state index contributed by atoms with van der Waals surface area (Å²) in [6, 6.07) is 8.42. The first-order valence-corrected chi connectivity index (χ1v) is 12.5. The van der Waals surface area contributed by atoms with Crippen LogP contribution in [0.2, 0.25) is 5.02 Å². The van der Waals surface area contributed by atoms with Crippen LogP contribution in [0.5, 0.6) is 0 Å². The zero-order valence-electron chi connectivity index (χ0n) is 19.7. The lowest BCUT2D eigenvalue weighted by molar-refractivity contribution is -0.310. The van der Waals surface area contributed by atoms with Gasteiger partial charge in [-0.05, 0) is 48.7 Å². The molecule has 0 radical (unpaired) electrons. The summed E-state index contributed by atoms with van der Waals surface area (Å²) in [6.07, 6.45) is -1.43. The van der Waals surface area contributed by atoms with Gasteiger partial charge in [0.2, 0.25) is 0 Å². The Kier molecular flexibility index (Phi) is 4.97. The van der Waals surface area contributed by atoms with Crippen LogP contribution < -0.4 is 4.90 Å². The van der Waals surface area contributed by atoms with Crippen LogP contribution in [0.3, 0.4) is 0 Å². The van der Waals surface area contributed by atoms with E-state index in [4.69, 9.17) is 16.3 Å². The second-order valence-corrected chi connectivity index (χ2v) is 11.2. The molecule has 1 aliphatic carbocycles. The third kappa shape index (κ3) is 3.50. The lowest BCUT2D eigenvalue weighted by atomic mass is 9.57. The molecule has 3 aliphatic heterocycles. The van der Waals surface area contributed by atoms with E-state index in [2.05, 4.69) is 20.1 Å². The van der Waals surface area contributed by atoms with Gasteiger partial charge in [-0.15, -0.1) is 10.2 Å². The Bertz CT molecular complexity index is 1360. The van der Waals surface area contributed by atoms with Gasteiger partial charge in [-0.2, -0.15) is 13.2 Å². The van der Waals surface area contributed by atoms with E-state index in [0.717, 1.165) is 43.3 Å². The summed E-state index contributed by atoms with van der Waals surface area (Å²) in [5, 5.41) is 9.34. The number of rotatable bonds is 3. The minimum absolute atomic E-state index is 0.00401. The molecule has 7 rings (SSSR count). The highest BCUT2D eigenvalue weighted by molar-refractivity contribution is 6.30. The molecule has 3 fully saturated rings. The molecular formula is C25H23ClF4N6O. The van der Waals surface area contributed by atoms with Crippen LogP contribution in [0.25, 0.3) is 5.69 Å². The standard InChI is InChI=1S/C25H23ClF4N6O/c26-17-1-3-19-15(5-17)9-35(24(13-37-14-24)25(28,29)30)10-21-32-33-22(36(19)21)16-6-23(7-16)11-34(12-23)20-4-2-18(27)8-31-20/h1-5,8,16H,6-7,9-14H2. The monoisotopic (exact) mass is 534 g/mol. The first-order chi connectivity index (χ1) is 17.7. The van der Waals surface area contributed by atoms with E-state index in [0.29, 0.717) is 16.4 Å². The quantitative estimate of drug-likeness (QED) is 0.462. The average molecular weight is 535 g/mol. The zero-order chi connectivity index (χ0) is 25.6. The van der Waals surface area contributed by atoms with Gasteiger partial charge in [0.05, 0.1) is 31.6 Å². The van der Waals surface area contributed by atoms with Crippen molar-refractivity contribution in [2.24, 2.45) is 5.41 Å². The number of hydrogen-bond donors (Lipinski definition) is 0. The molecule has 2 saturated heterocycles. The maximum Gasteiger partial charge on any atom is 0.411 e. The van der Waals surface area contributed by atoms with Crippen LogP contribution in [0.1, 0.15) is 36.0 Å². The summed E-state index contributed by atoms with van der Waals surface area (Å²) in [7, 11) is 0. The van der Waals surface area contributed by atoms with Crippen LogP contribution in [0, 0.1) is 11.2 Å². The van der Waals surface area contributed by atoms with Crippen molar-refractivity contribution in [1.82, 2.24) is 24.6 Å². The van der Waals surface area contributed by atoms with Gasteiger partial charge >= 0.3 is 6.18 Å². The molecule has 1 spiro atoms. The van der Waals surface area contributed by atoms with Crippen LogP contribution in [0.4, 0.5) is 23.4 Å². The molecule has 0 unspecified atom stereocenters. The Hall–Kier alpha value is -2.76. The molecule has 0 atom stereocenters. The molecule has 0 N–H and O–H groups in total. The van der Waals surface area contributed by atoms with Gasteiger partial charge in [-0.25, -0.2) is 9.37 Å². The van der Waals surface area contributed by atoms with Crippen molar-refractivity contribution >= 4 is 17.4 Å². The third-order valence-corrected chi connectivity index (χ3v) is 8.59. The molecule has 3 aromatic rings. The number of hydrogen-bond acceptors (Lipinski definition) is 6.